The van der Waals surface area contributed by atoms with Gasteiger partial charge in [-0.3, -0.25) is 4.79 Å². The average Bonchev–Trinajstić information content (AvgIpc) is 2.66. The van der Waals surface area contributed by atoms with Crippen molar-refractivity contribution >= 4 is 11.6 Å². The maximum absolute atomic E-state index is 12.2. The quantitative estimate of drug-likeness (QED) is 0.741. The molecule has 0 fully saturated rings. The molecule has 140 valence electrons. The van der Waals surface area contributed by atoms with E-state index in [0.717, 1.165) is 28.1 Å². The van der Waals surface area contributed by atoms with Crippen LogP contribution in [0.1, 0.15) is 53.6 Å². The molecule has 2 rings (SSSR count). The van der Waals surface area contributed by atoms with Crippen LogP contribution in [0.25, 0.3) is 5.70 Å². The van der Waals surface area contributed by atoms with Crippen LogP contribution in [0.15, 0.2) is 43.0 Å². The first-order chi connectivity index (χ1) is 12.8. The van der Waals surface area contributed by atoms with E-state index in [1.54, 1.807) is 13.1 Å². The molecule has 0 bridgehead atoms. The first kappa shape index (κ1) is 20.3. The van der Waals surface area contributed by atoms with Crippen LogP contribution in [-0.4, -0.2) is 24.0 Å². The lowest BCUT2D eigenvalue weighted by molar-refractivity contribution is 0.0958. The van der Waals surface area contributed by atoms with Gasteiger partial charge in [0.15, 0.2) is 0 Å². The molecule has 4 heteroatoms. The van der Waals surface area contributed by atoms with Gasteiger partial charge in [0, 0.05) is 42.0 Å². The standard InChI is InChI=1S/C23H27N3O/c1-7-18-9-8-10-19(11-18)12-21-13-20(14-22(26-21)23(27)24-6)17(5)25-16(4)15(2)3/h1,8-11,13-16,25H,5,12H2,2-4,6H3,(H,24,27). The number of benzene rings is 1. The number of pyridine rings is 1. The maximum Gasteiger partial charge on any atom is 0.269 e. The molecule has 4 nitrogen and oxygen atoms in total. The van der Waals surface area contributed by atoms with Gasteiger partial charge in [-0.2, -0.15) is 0 Å². The number of hydrogen-bond donors (Lipinski definition) is 2. The summed E-state index contributed by atoms with van der Waals surface area (Å²) in [4.78, 5) is 16.7. The van der Waals surface area contributed by atoms with Crippen molar-refractivity contribution in [2.75, 3.05) is 7.05 Å². The summed E-state index contributed by atoms with van der Waals surface area (Å²) in [6.45, 7) is 10.6. The Bertz CT molecular complexity index is 877. The number of carbonyl (C=O) groups excluding carboxylic acids is 1. The molecule has 1 aromatic carbocycles. The van der Waals surface area contributed by atoms with Crippen LogP contribution in [0.5, 0.6) is 0 Å². The normalized spacial score (nSPS) is 11.6. The number of rotatable bonds is 7. The van der Waals surface area contributed by atoms with E-state index in [4.69, 9.17) is 6.42 Å². The molecule has 1 aromatic heterocycles. The summed E-state index contributed by atoms with van der Waals surface area (Å²) in [6, 6.07) is 11.8. The molecule has 27 heavy (non-hydrogen) atoms. The van der Waals surface area contributed by atoms with Crippen LogP contribution in [0, 0.1) is 18.3 Å². The van der Waals surface area contributed by atoms with Crippen molar-refractivity contribution in [3.63, 3.8) is 0 Å². The molecule has 0 aliphatic rings. The minimum atomic E-state index is -0.222. The Morgan fingerprint density at radius 2 is 2.00 bits per heavy atom. The predicted molar refractivity (Wildman–Crippen MR) is 111 cm³/mol. The van der Waals surface area contributed by atoms with E-state index in [0.29, 0.717) is 18.0 Å². The molecule has 1 heterocycles. The number of nitrogens with one attached hydrogen (secondary N) is 2. The van der Waals surface area contributed by atoms with Gasteiger partial charge in [-0.1, -0.05) is 38.5 Å². The SMILES string of the molecule is C#Cc1cccc(Cc2cc(C(=C)NC(C)C(C)C)cc(C(=O)NC)n2)c1. The highest BCUT2D eigenvalue weighted by molar-refractivity contribution is 5.93. The van der Waals surface area contributed by atoms with Gasteiger partial charge in [0.25, 0.3) is 5.91 Å². The van der Waals surface area contributed by atoms with Crippen molar-refractivity contribution in [1.82, 2.24) is 15.6 Å². The lowest BCUT2D eigenvalue weighted by atomic mass is 10.0. The number of terminal acetylenes is 1. The van der Waals surface area contributed by atoms with Crippen molar-refractivity contribution in [3.8, 4) is 12.3 Å². The highest BCUT2D eigenvalue weighted by atomic mass is 16.1. The monoisotopic (exact) mass is 361 g/mol. The van der Waals surface area contributed by atoms with Gasteiger partial charge in [0.2, 0.25) is 0 Å². The van der Waals surface area contributed by atoms with Gasteiger partial charge in [-0.25, -0.2) is 4.98 Å². The van der Waals surface area contributed by atoms with E-state index in [1.807, 2.05) is 30.3 Å². The average molecular weight is 361 g/mol. The van der Waals surface area contributed by atoms with Crippen molar-refractivity contribution in [3.05, 3.63) is 71.1 Å². The molecule has 0 spiro atoms. The van der Waals surface area contributed by atoms with E-state index in [-0.39, 0.29) is 11.9 Å². The summed E-state index contributed by atoms with van der Waals surface area (Å²) >= 11 is 0. The first-order valence-corrected chi connectivity index (χ1v) is 9.08. The molecule has 0 aliphatic carbocycles. The molecule has 0 radical (unpaired) electrons. The Morgan fingerprint density at radius 1 is 1.26 bits per heavy atom. The Labute approximate surface area is 162 Å². The molecule has 1 unspecified atom stereocenters. The zero-order valence-corrected chi connectivity index (χ0v) is 16.5. The summed E-state index contributed by atoms with van der Waals surface area (Å²) in [5, 5.41) is 6.05. The number of amides is 1. The fraction of sp³-hybridized carbons (Fsp3) is 0.304. The maximum atomic E-state index is 12.2. The second-order valence-corrected chi connectivity index (χ2v) is 6.99. The number of carbonyl (C=O) groups is 1. The van der Waals surface area contributed by atoms with E-state index < -0.39 is 0 Å². The van der Waals surface area contributed by atoms with Gasteiger partial charge in [0.05, 0.1) is 0 Å². The lowest BCUT2D eigenvalue weighted by Gasteiger charge is -2.21. The Morgan fingerprint density at radius 3 is 2.63 bits per heavy atom. The predicted octanol–water partition coefficient (Wildman–Crippen LogP) is 3.62. The van der Waals surface area contributed by atoms with Crippen molar-refractivity contribution in [2.45, 2.75) is 33.2 Å². The third-order valence-electron chi connectivity index (χ3n) is 4.57. The van der Waals surface area contributed by atoms with Crippen LogP contribution in [0.2, 0.25) is 0 Å². The van der Waals surface area contributed by atoms with Crippen LogP contribution in [0.3, 0.4) is 0 Å². The summed E-state index contributed by atoms with van der Waals surface area (Å²) in [6.07, 6.45) is 6.07. The second kappa shape index (κ2) is 9.05. The topological polar surface area (TPSA) is 54.0 Å². The van der Waals surface area contributed by atoms with Gasteiger partial charge in [-0.15, -0.1) is 6.42 Å². The third kappa shape index (κ3) is 5.46. The van der Waals surface area contributed by atoms with Gasteiger partial charge < -0.3 is 10.6 Å². The summed E-state index contributed by atoms with van der Waals surface area (Å²) in [7, 11) is 1.60. The Hall–Kier alpha value is -3.06. The molecule has 2 N–H and O–H groups in total. The van der Waals surface area contributed by atoms with E-state index >= 15 is 0 Å². The van der Waals surface area contributed by atoms with Gasteiger partial charge >= 0.3 is 0 Å². The fourth-order valence-electron chi connectivity index (χ4n) is 2.60. The van der Waals surface area contributed by atoms with Crippen LogP contribution < -0.4 is 10.6 Å². The molecule has 1 amide bonds. The molecule has 0 saturated carbocycles. The number of nitrogens with zero attached hydrogens (tertiary/aromatic N) is 1. The van der Waals surface area contributed by atoms with Crippen LogP contribution in [0.4, 0.5) is 0 Å². The van der Waals surface area contributed by atoms with Crippen molar-refractivity contribution in [1.29, 1.82) is 0 Å². The highest BCUT2D eigenvalue weighted by Gasteiger charge is 2.14. The first-order valence-electron chi connectivity index (χ1n) is 9.08. The van der Waals surface area contributed by atoms with E-state index in [1.165, 1.54) is 0 Å². The number of aromatic nitrogens is 1. The van der Waals surface area contributed by atoms with E-state index in [2.05, 4.69) is 48.9 Å². The van der Waals surface area contributed by atoms with E-state index in [9.17, 15) is 4.79 Å². The largest absolute Gasteiger partial charge is 0.382 e. The Kier molecular flexibility index (Phi) is 6.79. The molecular formula is C23H27N3O. The second-order valence-electron chi connectivity index (χ2n) is 6.99. The van der Waals surface area contributed by atoms with Crippen molar-refractivity contribution in [2.24, 2.45) is 5.92 Å². The third-order valence-corrected chi connectivity index (χ3v) is 4.57. The van der Waals surface area contributed by atoms with Crippen molar-refractivity contribution < 1.29 is 4.79 Å². The molecule has 0 saturated heterocycles. The summed E-state index contributed by atoms with van der Waals surface area (Å²) in [5.74, 6) is 2.89. The Balaban J connectivity index is 2.37. The highest BCUT2D eigenvalue weighted by Crippen LogP contribution is 2.18. The summed E-state index contributed by atoms with van der Waals surface area (Å²) in [5.41, 5.74) is 4.68. The van der Waals surface area contributed by atoms with Crippen LogP contribution >= 0.6 is 0 Å². The van der Waals surface area contributed by atoms with Gasteiger partial charge in [-0.05, 0) is 42.7 Å². The molecule has 2 aromatic rings. The van der Waals surface area contributed by atoms with Crippen LogP contribution in [-0.2, 0) is 6.42 Å². The molecular weight excluding hydrogens is 334 g/mol. The molecule has 1 atom stereocenters. The molecule has 0 aliphatic heterocycles. The fourth-order valence-corrected chi connectivity index (χ4v) is 2.60. The zero-order valence-electron chi connectivity index (χ0n) is 16.5. The minimum absolute atomic E-state index is 0.222. The zero-order chi connectivity index (χ0) is 20.0. The number of hydrogen-bond acceptors (Lipinski definition) is 3. The van der Waals surface area contributed by atoms with Gasteiger partial charge in [0.1, 0.15) is 5.69 Å². The lowest BCUT2D eigenvalue weighted by Crippen LogP contribution is -2.29. The smallest absolute Gasteiger partial charge is 0.269 e. The minimum Gasteiger partial charge on any atom is -0.382 e. The summed E-state index contributed by atoms with van der Waals surface area (Å²) < 4.78 is 0.